The van der Waals surface area contributed by atoms with Gasteiger partial charge in [-0.2, -0.15) is 0 Å². The molecule has 1 aromatic carbocycles. The summed E-state index contributed by atoms with van der Waals surface area (Å²) in [7, 11) is 0. The maximum absolute atomic E-state index is 12.9. The average Bonchev–Trinajstić information content (AvgIpc) is 2.82. The van der Waals surface area contributed by atoms with Crippen LogP contribution in [0.25, 0.3) is 0 Å². The molecule has 0 fully saturated rings. The Labute approximate surface area is 201 Å². The standard InChI is InChI=1S/C27H32N6O/c1-6-17(3)11-23-18(4)12-21(14-28-23)27(34)31-22-10-8-9-20(13-22)19(5)30-25-15-29-24-16-33(7-2)26(24)32-25/h8-10,12-17,19H,6-7,11H2,1-5H3,(H,31,34)/p+1. The second kappa shape index (κ2) is 10.1. The highest BCUT2D eigenvalue weighted by Gasteiger charge is 2.27. The van der Waals surface area contributed by atoms with Gasteiger partial charge in [-0.1, -0.05) is 32.4 Å². The van der Waals surface area contributed by atoms with Gasteiger partial charge in [0.15, 0.2) is 5.69 Å². The van der Waals surface area contributed by atoms with E-state index in [-0.39, 0.29) is 11.9 Å². The van der Waals surface area contributed by atoms with Crippen molar-refractivity contribution in [3.05, 3.63) is 70.8 Å². The molecule has 4 rings (SSSR count). The Balaban J connectivity index is 1.42. The summed E-state index contributed by atoms with van der Waals surface area (Å²) in [6.45, 7) is 11.4. The largest absolute Gasteiger partial charge is 0.355 e. The third-order valence-electron chi connectivity index (χ3n) is 6.37. The first-order chi connectivity index (χ1) is 16.4. The van der Waals surface area contributed by atoms with Crippen molar-refractivity contribution in [3.63, 3.8) is 0 Å². The Kier molecular flexibility index (Phi) is 7.01. The molecule has 2 N–H and O–H groups in total. The molecule has 0 bridgehead atoms. The molecule has 0 spiro atoms. The second-order valence-corrected chi connectivity index (χ2v) is 9.03. The molecule has 0 saturated carbocycles. The SMILES string of the molecule is CCC(C)Cc1ncc(C(=O)Nc2cccc(C(C)Nc3cnc4c(n3)[N+](CC)=C4)c2)cc1C. The van der Waals surface area contributed by atoms with Crippen LogP contribution in [0.2, 0.25) is 0 Å². The van der Waals surface area contributed by atoms with E-state index in [2.05, 4.69) is 57.9 Å². The number of anilines is 2. The number of hydrogen-bond donors (Lipinski definition) is 2. The minimum Gasteiger partial charge on any atom is -0.342 e. The van der Waals surface area contributed by atoms with Gasteiger partial charge in [0.2, 0.25) is 0 Å². The van der Waals surface area contributed by atoms with Crippen LogP contribution in [0.3, 0.4) is 0 Å². The van der Waals surface area contributed by atoms with Crippen LogP contribution in [0.5, 0.6) is 0 Å². The molecule has 34 heavy (non-hydrogen) atoms. The smallest absolute Gasteiger partial charge is 0.342 e. The van der Waals surface area contributed by atoms with E-state index in [4.69, 9.17) is 0 Å². The van der Waals surface area contributed by atoms with Gasteiger partial charge in [0, 0.05) is 17.6 Å². The number of hydrogen-bond acceptors (Lipinski definition) is 5. The predicted molar refractivity (Wildman–Crippen MR) is 136 cm³/mol. The lowest BCUT2D eigenvalue weighted by Crippen LogP contribution is -2.22. The molecule has 0 aliphatic carbocycles. The number of aromatic nitrogens is 3. The van der Waals surface area contributed by atoms with Crippen LogP contribution in [0.1, 0.15) is 73.0 Å². The van der Waals surface area contributed by atoms with Crippen molar-refractivity contribution in [1.29, 1.82) is 0 Å². The van der Waals surface area contributed by atoms with Gasteiger partial charge in [-0.05, 0) is 67.4 Å². The van der Waals surface area contributed by atoms with Gasteiger partial charge in [0.25, 0.3) is 11.7 Å². The monoisotopic (exact) mass is 457 g/mol. The number of benzene rings is 1. The summed E-state index contributed by atoms with van der Waals surface area (Å²) in [4.78, 5) is 26.6. The maximum atomic E-state index is 12.9. The first-order valence-electron chi connectivity index (χ1n) is 12.0. The number of pyridine rings is 1. The molecule has 3 heterocycles. The zero-order chi connectivity index (χ0) is 24.2. The fourth-order valence-electron chi connectivity index (χ4n) is 3.95. The number of carbonyl (C=O) groups is 1. The van der Waals surface area contributed by atoms with Crippen LogP contribution in [-0.4, -0.2) is 38.2 Å². The van der Waals surface area contributed by atoms with Crippen molar-refractivity contribution < 1.29 is 9.37 Å². The average molecular weight is 458 g/mol. The normalized spacial score (nSPS) is 13.9. The molecule has 2 unspecified atom stereocenters. The van der Waals surface area contributed by atoms with Crippen molar-refractivity contribution in [2.75, 3.05) is 17.2 Å². The highest BCUT2D eigenvalue weighted by Crippen LogP contribution is 2.25. The Hall–Kier alpha value is -3.61. The molecule has 3 aromatic rings. The number of carbonyl (C=O) groups excluding carboxylic acids is 1. The Bertz CT molecular complexity index is 1240. The number of nitrogens with one attached hydrogen (secondary N) is 2. The van der Waals surface area contributed by atoms with E-state index in [1.54, 1.807) is 12.4 Å². The van der Waals surface area contributed by atoms with Crippen molar-refractivity contribution in [1.82, 2.24) is 15.0 Å². The molecule has 7 heteroatoms. The topological polar surface area (TPSA) is 82.8 Å². The third kappa shape index (κ3) is 5.14. The van der Waals surface area contributed by atoms with Crippen LogP contribution in [0, 0.1) is 12.8 Å². The van der Waals surface area contributed by atoms with Gasteiger partial charge in [-0.3, -0.25) is 9.78 Å². The van der Waals surface area contributed by atoms with E-state index in [9.17, 15) is 4.79 Å². The minimum absolute atomic E-state index is 0.00733. The molecule has 1 amide bonds. The maximum Gasteiger partial charge on any atom is 0.355 e. The molecule has 1 aliphatic rings. The molecule has 0 saturated heterocycles. The Morgan fingerprint density at radius 1 is 1.12 bits per heavy atom. The van der Waals surface area contributed by atoms with Crippen molar-refractivity contribution in [3.8, 4) is 0 Å². The number of fused-ring (bicyclic) bond motifs is 1. The van der Waals surface area contributed by atoms with E-state index < -0.39 is 0 Å². The molecule has 0 radical (unpaired) electrons. The summed E-state index contributed by atoms with van der Waals surface area (Å²) in [6.07, 6.45) is 7.47. The number of nitrogens with zero attached hydrogens (tertiary/aromatic N) is 4. The van der Waals surface area contributed by atoms with Gasteiger partial charge in [-0.15, -0.1) is 0 Å². The lowest BCUT2D eigenvalue weighted by atomic mass is 9.99. The molecule has 2 atom stereocenters. The molecule has 176 valence electrons. The predicted octanol–water partition coefficient (Wildman–Crippen LogP) is 5.29. The van der Waals surface area contributed by atoms with Crippen molar-refractivity contribution in [2.45, 2.75) is 53.5 Å². The summed E-state index contributed by atoms with van der Waals surface area (Å²) in [5, 5.41) is 6.42. The summed E-state index contributed by atoms with van der Waals surface area (Å²) >= 11 is 0. The second-order valence-electron chi connectivity index (χ2n) is 9.03. The summed E-state index contributed by atoms with van der Waals surface area (Å²) < 4.78 is 2.07. The summed E-state index contributed by atoms with van der Waals surface area (Å²) in [6, 6.07) is 9.77. The summed E-state index contributed by atoms with van der Waals surface area (Å²) in [5.74, 6) is 2.05. The Morgan fingerprint density at radius 3 is 2.68 bits per heavy atom. The van der Waals surface area contributed by atoms with Gasteiger partial charge in [0.05, 0.1) is 24.3 Å². The lowest BCUT2D eigenvalue weighted by molar-refractivity contribution is -0.447. The fraction of sp³-hybridized carbons (Fsp3) is 0.370. The van der Waals surface area contributed by atoms with Gasteiger partial charge < -0.3 is 10.6 Å². The van der Waals surface area contributed by atoms with Gasteiger partial charge in [0.1, 0.15) is 6.21 Å². The lowest BCUT2D eigenvalue weighted by Gasteiger charge is -2.16. The van der Waals surface area contributed by atoms with Crippen molar-refractivity contribution in [2.24, 2.45) is 5.92 Å². The van der Waals surface area contributed by atoms with E-state index in [1.165, 1.54) is 0 Å². The van der Waals surface area contributed by atoms with Crippen molar-refractivity contribution >= 4 is 29.4 Å². The van der Waals surface area contributed by atoms with Crippen LogP contribution in [0.4, 0.5) is 17.3 Å². The first kappa shape index (κ1) is 23.5. The molecular weight excluding hydrogens is 424 g/mol. The van der Waals surface area contributed by atoms with Crippen LogP contribution in [-0.2, 0) is 6.42 Å². The summed E-state index contributed by atoms with van der Waals surface area (Å²) in [5.41, 5.74) is 5.39. The van der Waals surface area contributed by atoms with E-state index in [0.717, 1.165) is 59.2 Å². The highest BCUT2D eigenvalue weighted by molar-refractivity contribution is 6.04. The first-order valence-corrected chi connectivity index (χ1v) is 12.0. The zero-order valence-corrected chi connectivity index (χ0v) is 20.6. The third-order valence-corrected chi connectivity index (χ3v) is 6.37. The van der Waals surface area contributed by atoms with Gasteiger partial charge >= 0.3 is 5.82 Å². The number of amides is 1. The van der Waals surface area contributed by atoms with E-state index >= 15 is 0 Å². The van der Waals surface area contributed by atoms with Crippen LogP contribution >= 0.6 is 0 Å². The number of rotatable bonds is 9. The van der Waals surface area contributed by atoms with Crippen LogP contribution < -0.4 is 10.6 Å². The molecular formula is C27H33N6O+. The van der Waals surface area contributed by atoms with Crippen LogP contribution in [0.15, 0.2) is 42.7 Å². The van der Waals surface area contributed by atoms with E-state index in [0.29, 0.717) is 11.5 Å². The highest BCUT2D eigenvalue weighted by atomic mass is 16.1. The molecule has 7 nitrogen and oxygen atoms in total. The minimum atomic E-state index is -0.160. The quantitative estimate of drug-likeness (QED) is 0.427. The molecule has 1 aliphatic heterocycles. The fourth-order valence-corrected chi connectivity index (χ4v) is 3.95. The Morgan fingerprint density at radius 2 is 1.94 bits per heavy atom. The number of aryl methyl sites for hydroxylation is 1. The zero-order valence-electron chi connectivity index (χ0n) is 20.6. The van der Waals surface area contributed by atoms with Gasteiger partial charge in [-0.25, -0.2) is 9.56 Å². The van der Waals surface area contributed by atoms with E-state index in [1.807, 2.05) is 43.5 Å². The molecule has 2 aromatic heterocycles.